The fourth-order valence-electron chi connectivity index (χ4n) is 2.65. The van der Waals surface area contributed by atoms with Gasteiger partial charge in [0, 0.05) is 17.0 Å². The topological polar surface area (TPSA) is 87.2 Å². The van der Waals surface area contributed by atoms with Crippen LogP contribution in [-0.4, -0.2) is 20.7 Å². The Morgan fingerprint density at radius 1 is 1.20 bits per heavy atom. The molecule has 0 aliphatic heterocycles. The zero-order valence-corrected chi connectivity index (χ0v) is 14.2. The first-order valence-corrected chi connectivity index (χ1v) is 8.15. The highest BCUT2D eigenvalue weighted by atomic mass is 35.5. The Balaban J connectivity index is 2.06. The van der Waals surface area contributed by atoms with Gasteiger partial charge in [0.1, 0.15) is 5.75 Å². The number of phenols is 1. The molecule has 0 aliphatic carbocycles. The van der Waals surface area contributed by atoms with Gasteiger partial charge >= 0.3 is 0 Å². The fourth-order valence-corrected chi connectivity index (χ4v) is 2.82. The quantitative estimate of drug-likeness (QED) is 0.641. The number of azo groups is 1. The van der Waals surface area contributed by atoms with E-state index in [1.807, 2.05) is 6.92 Å². The van der Waals surface area contributed by atoms with Crippen LogP contribution in [0.4, 0.5) is 5.69 Å². The smallest absolute Gasteiger partial charge is 0.299 e. The van der Waals surface area contributed by atoms with E-state index in [9.17, 15) is 15.0 Å². The number of hydrogen-bond donors (Lipinski definition) is 2. The van der Waals surface area contributed by atoms with Crippen LogP contribution in [0.25, 0.3) is 10.9 Å². The Morgan fingerprint density at radius 2 is 1.96 bits per heavy atom. The van der Waals surface area contributed by atoms with Crippen molar-refractivity contribution in [2.24, 2.45) is 10.2 Å². The van der Waals surface area contributed by atoms with Crippen molar-refractivity contribution >= 4 is 34.1 Å². The summed E-state index contributed by atoms with van der Waals surface area (Å²) in [5, 5.41) is 28.9. The molecule has 0 unspecified atom stereocenters. The maximum atomic E-state index is 12.2. The number of aryl methyl sites for hydroxylation is 1. The monoisotopic (exact) mass is 357 g/mol. The van der Waals surface area contributed by atoms with Crippen LogP contribution < -0.4 is 0 Å². The largest absolute Gasteiger partial charge is 0.507 e. The number of rotatable bonds is 4. The molecule has 3 aromatic rings. The molecule has 0 aliphatic rings. The summed E-state index contributed by atoms with van der Waals surface area (Å²) >= 11 is 6.05. The molecule has 0 saturated carbocycles. The molecule has 0 atom stereocenters. The van der Waals surface area contributed by atoms with E-state index < -0.39 is 5.91 Å². The highest BCUT2D eigenvalue weighted by Crippen LogP contribution is 2.40. The number of fused-ring (bicyclic) bond motifs is 1. The van der Waals surface area contributed by atoms with E-state index in [1.54, 1.807) is 34.9 Å². The SMILES string of the molecule is CCCn1c(O)c(N=NC(=O)c2ccccc2O)c2cc(Cl)ccc21. The number of carbonyl (C=O) groups excluding carboxylic acids is 1. The Kier molecular flexibility index (Phi) is 4.72. The van der Waals surface area contributed by atoms with Crippen molar-refractivity contribution in [3.05, 3.63) is 53.1 Å². The Hall–Kier alpha value is -2.86. The van der Waals surface area contributed by atoms with Gasteiger partial charge in [-0.15, -0.1) is 10.2 Å². The maximum absolute atomic E-state index is 12.2. The number of phenolic OH excluding ortho intramolecular Hbond substituents is 1. The number of para-hydroxylation sites is 1. The maximum Gasteiger partial charge on any atom is 0.299 e. The van der Waals surface area contributed by atoms with E-state index in [0.29, 0.717) is 17.0 Å². The summed E-state index contributed by atoms with van der Waals surface area (Å²) in [5.41, 5.74) is 0.975. The van der Waals surface area contributed by atoms with Gasteiger partial charge in [0.25, 0.3) is 5.91 Å². The molecule has 1 aromatic heterocycles. The number of aromatic hydroxyl groups is 2. The Labute approximate surface area is 149 Å². The average molecular weight is 358 g/mol. The highest BCUT2D eigenvalue weighted by Gasteiger charge is 2.17. The van der Waals surface area contributed by atoms with Crippen LogP contribution in [0, 0.1) is 0 Å². The predicted octanol–water partition coefficient (Wildman–Crippen LogP) is 5.04. The normalized spacial score (nSPS) is 11.4. The van der Waals surface area contributed by atoms with Crippen LogP contribution in [0.3, 0.4) is 0 Å². The zero-order valence-electron chi connectivity index (χ0n) is 13.5. The Bertz CT molecular complexity index is 979. The number of halogens is 1. The second-order valence-corrected chi connectivity index (χ2v) is 5.94. The molecule has 0 bridgehead atoms. The summed E-state index contributed by atoms with van der Waals surface area (Å²) in [4.78, 5) is 12.2. The van der Waals surface area contributed by atoms with Crippen molar-refractivity contribution in [2.45, 2.75) is 19.9 Å². The lowest BCUT2D eigenvalue weighted by molar-refractivity contribution is 0.0992. The van der Waals surface area contributed by atoms with Gasteiger partial charge in [0.05, 0.1) is 11.1 Å². The molecule has 2 N–H and O–H groups in total. The summed E-state index contributed by atoms with van der Waals surface area (Å²) in [6.45, 7) is 2.58. The second kappa shape index (κ2) is 6.94. The minimum absolute atomic E-state index is 0.0427. The molecule has 0 radical (unpaired) electrons. The molecule has 2 aromatic carbocycles. The number of hydrogen-bond acceptors (Lipinski definition) is 4. The van der Waals surface area contributed by atoms with Crippen LogP contribution in [0.1, 0.15) is 23.7 Å². The molecule has 7 heteroatoms. The molecule has 1 heterocycles. The standard InChI is InChI=1S/C18H16ClN3O3/c1-2-9-22-14-8-7-11(19)10-13(14)16(18(22)25)20-21-17(24)12-5-3-4-6-15(12)23/h3-8,10,23,25H,2,9H2,1H3. The third-order valence-corrected chi connectivity index (χ3v) is 4.03. The lowest BCUT2D eigenvalue weighted by Gasteiger charge is -2.03. The van der Waals surface area contributed by atoms with Crippen LogP contribution >= 0.6 is 11.6 Å². The van der Waals surface area contributed by atoms with Gasteiger partial charge < -0.3 is 14.8 Å². The van der Waals surface area contributed by atoms with Gasteiger partial charge in [0.15, 0.2) is 5.69 Å². The van der Waals surface area contributed by atoms with E-state index in [2.05, 4.69) is 10.2 Å². The van der Waals surface area contributed by atoms with Crippen molar-refractivity contribution in [3.8, 4) is 11.6 Å². The minimum atomic E-state index is -0.698. The van der Waals surface area contributed by atoms with Gasteiger partial charge in [-0.2, -0.15) is 0 Å². The average Bonchev–Trinajstić information content (AvgIpc) is 2.85. The van der Waals surface area contributed by atoms with E-state index in [-0.39, 0.29) is 22.9 Å². The lowest BCUT2D eigenvalue weighted by Crippen LogP contribution is -1.95. The number of benzene rings is 2. The molecule has 1 amide bonds. The lowest BCUT2D eigenvalue weighted by atomic mass is 10.2. The number of amides is 1. The van der Waals surface area contributed by atoms with Crippen molar-refractivity contribution in [2.75, 3.05) is 0 Å². The summed E-state index contributed by atoms with van der Waals surface area (Å²) in [5.74, 6) is -0.948. The number of aromatic nitrogens is 1. The minimum Gasteiger partial charge on any atom is -0.507 e. The molecular weight excluding hydrogens is 342 g/mol. The molecular formula is C18H16ClN3O3. The van der Waals surface area contributed by atoms with E-state index in [4.69, 9.17) is 11.6 Å². The molecule has 25 heavy (non-hydrogen) atoms. The first kappa shape index (κ1) is 17.0. The van der Waals surface area contributed by atoms with Crippen molar-refractivity contribution in [1.82, 2.24) is 4.57 Å². The van der Waals surface area contributed by atoms with Crippen LogP contribution in [-0.2, 0) is 6.54 Å². The fraction of sp³-hybridized carbons (Fsp3) is 0.167. The van der Waals surface area contributed by atoms with E-state index >= 15 is 0 Å². The predicted molar refractivity (Wildman–Crippen MR) is 95.9 cm³/mol. The summed E-state index contributed by atoms with van der Waals surface area (Å²) in [6, 6.07) is 11.3. The van der Waals surface area contributed by atoms with E-state index in [0.717, 1.165) is 11.9 Å². The highest BCUT2D eigenvalue weighted by molar-refractivity contribution is 6.31. The first-order chi connectivity index (χ1) is 12.0. The van der Waals surface area contributed by atoms with Gasteiger partial charge in [0.2, 0.25) is 5.88 Å². The molecule has 128 valence electrons. The van der Waals surface area contributed by atoms with Crippen LogP contribution in [0.15, 0.2) is 52.7 Å². The van der Waals surface area contributed by atoms with Gasteiger partial charge in [-0.05, 0) is 36.8 Å². The third kappa shape index (κ3) is 3.21. The zero-order chi connectivity index (χ0) is 18.0. The summed E-state index contributed by atoms with van der Waals surface area (Å²) in [6.07, 6.45) is 0.813. The van der Waals surface area contributed by atoms with Crippen molar-refractivity contribution < 1.29 is 15.0 Å². The molecule has 6 nitrogen and oxygen atoms in total. The van der Waals surface area contributed by atoms with Crippen molar-refractivity contribution in [3.63, 3.8) is 0 Å². The summed E-state index contributed by atoms with van der Waals surface area (Å²) < 4.78 is 1.70. The van der Waals surface area contributed by atoms with Gasteiger partial charge in [-0.1, -0.05) is 30.7 Å². The van der Waals surface area contributed by atoms with Gasteiger partial charge in [-0.3, -0.25) is 4.79 Å². The van der Waals surface area contributed by atoms with Gasteiger partial charge in [-0.25, -0.2) is 0 Å². The second-order valence-electron chi connectivity index (χ2n) is 5.51. The molecule has 3 rings (SSSR count). The molecule has 0 fully saturated rings. The van der Waals surface area contributed by atoms with Crippen molar-refractivity contribution in [1.29, 1.82) is 0 Å². The Morgan fingerprint density at radius 3 is 2.68 bits per heavy atom. The van der Waals surface area contributed by atoms with E-state index in [1.165, 1.54) is 12.1 Å². The van der Waals surface area contributed by atoms with Crippen LogP contribution in [0.5, 0.6) is 11.6 Å². The third-order valence-electron chi connectivity index (χ3n) is 3.79. The summed E-state index contributed by atoms with van der Waals surface area (Å²) in [7, 11) is 0. The first-order valence-electron chi connectivity index (χ1n) is 7.77. The van der Waals surface area contributed by atoms with Crippen LogP contribution in [0.2, 0.25) is 5.02 Å². The number of carbonyl (C=O) groups is 1. The molecule has 0 spiro atoms. The number of nitrogens with zero attached hydrogens (tertiary/aromatic N) is 3. The molecule has 0 saturated heterocycles.